The van der Waals surface area contributed by atoms with Gasteiger partial charge >= 0.3 is 69.2 Å². The minimum absolute atomic E-state index is 0. The first-order valence-corrected chi connectivity index (χ1v) is 4.38. The summed E-state index contributed by atoms with van der Waals surface area (Å²) in [7, 11) is -10.8. The van der Waals surface area contributed by atoms with Crippen LogP contribution in [0, 0.1) is 0 Å². The van der Waals surface area contributed by atoms with Crippen LogP contribution in [0.25, 0.3) is 0 Å². The van der Waals surface area contributed by atoms with Crippen molar-refractivity contribution in [1.29, 1.82) is 0 Å². The summed E-state index contributed by atoms with van der Waals surface area (Å²) in [4.78, 5) is 51.3. The molecule has 0 saturated heterocycles. The van der Waals surface area contributed by atoms with E-state index in [1.165, 1.54) is 0 Å². The second kappa shape index (κ2) is 26.8. The predicted octanol–water partition coefficient (Wildman–Crippen LogP) is -10.1. The van der Waals surface area contributed by atoms with Crippen molar-refractivity contribution >= 4 is 84.8 Å². The van der Waals surface area contributed by atoms with E-state index in [0.717, 1.165) is 0 Å². The second-order valence-electron chi connectivity index (χ2n) is 0.894. The van der Waals surface area contributed by atoms with Gasteiger partial charge in [-0.3, -0.25) is 0 Å². The van der Waals surface area contributed by atoms with Crippen molar-refractivity contribution < 1.29 is 60.4 Å². The Balaban J connectivity index is -0.00000000762. The van der Waals surface area contributed by atoms with Crippen LogP contribution in [-0.4, -0.2) is 91.1 Å². The minimum Gasteiger partial charge on any atom is -0.822 e. The molecule has 0 heterocycles. The standard InChI is InChI=1S/3Mg.2H3O4P.4H2O/c;;;2*1-5(2,3)4;;;;/h;;;2*(H3,1,2,3,4);4*1H2/q3*+2;;;;;;/p-6. The van der Waals surface area contributed by atoms with E-state index in [0.29, 0.717) is 0 Å². The van der Waals surface area contributed by atoms with Gasteiger partial charge < -0.3 is 60.4 Å². The maximum Gasteiger partial charge on any atom is 2.00 e. The van der Waals surface area contributed by atoms with Crippen molar-refractivity contribution in [3.05, 3.63) is 0 Å². The van der Waals surface area contributed by atoms with Crippen molar-refractivity contribution in [2.75, 3.05) is 0 Å². The zero-order valence-corrected chi connectivity index (χ0v) is 14.3. The second-order valence-corrected chi connectivity index (χ2v) is 2.68. The molecule has 0 fully saturated rings. The molecule has 0 aliphatic heterocycles. The zero-order chi connectivity index (χ0) is 9.00. The van der Waals surface area contributed by atoms with Gasteiger partial charge in [-0.25, -0.2) is 0 Å². The Hall–Kier alpha value is 2.36. The summed E-state index contributed by atoms with van der Waals surface area (Å²) in [5, 5.41) is 0. The molecule has 0 spiro atoms. The topological polar surface area (TPSA) is 298 Å². The van der Waals surface area contributed by atoms with Crippen molar-refractivity contribution in [2.45, 2.75) is 0 Å². The quantitative estimate of drug-likeness (QED) is 0.301. The molecule has 17 heavy (non-hydrogen) atoms. The Morgan fingerprint density at radius 3 is 0.471 bits per heavy atom. The van der Waals surface area contributed by atoms with E-state index >= 15 is 0 Å². The first-order valence-electron chi connectivity index (χ1n) is 1.46. The monoisotopic (exact) mass is 334 g/mol. The van der Waals surface area contributed by atoms with Gasteiger partial charge in [-0.1, -0.05) is 0 Å². The Labute approximate surface area is 144 Å². The van der Waals surface area contributed by atoms with E-state index in [-0.39, 0.29) is 91.1 Å². The smallest absolute Gasteiger partial charge is 0.822 e. The molecule has 0 aromatic carbocycles. The fraction of sp³-hybridized carbons (Fsp3) is 0. The van der Waals surface area contributed by atoms with Crippen molar-refractivity contribution in [1.82, 2.24) is 0 Å². The largest absolute Gasteiger partial charge is 2.00 e. The molecule has 0 aromatic heterocycles. The molecule has 0 rings (SSSR count). The molecule has 0 aliphatic rings. The fourth-order valence-electron chi connectivity index (χ4n) is 0. The number of hydrogen-bond donors (Lipinski definition) is 0. The fourth-order valence-corrected chi connectivity index (χ4v) is 0. The molecule has 0 bridgehead atoms. The summed E-state index contributed by atoms with van der Waals surface area (Å²) < 4.78 is 17.1. The van der Waals surface area contributed by atoms with Crippen LogP contribution in [0.3, 0.4) is 0 Å². The van der Waals surface area contributed by atoms with Crippen LogP contribution in [0.4, 0.5) is 0 Å². The van der Waals surface area contributed by atoms with Crippen LogP contribution in [0.1, 0.15) is 0 Å². The molecule has 0 amide bonds. The van der Waals surface area contributed by atoms with Crippen molar-refractivity contribution in [3.63, 3.8) is 0 Å². The van der Waals surface area contributed by atoms with Gasteiger partial charge in [-0.05, 0) is 0 Å². The Morgan fingerprint density at radius 2 is 0.471 bits per heavy atom. The summed E-state index contributed by atoms with van der Waals surface area (Å²) in [5.41, 5.74) is 0. The van der Waals surface area contributed by atoms with Gasteiger partial charge in [0.25, 0.3) is 0 Å². The van der Waals surface area contributed by atoms with E-state index in [1.54, 1.807) is 0 Å². The number of rotatable bonds is 0. The Kier molecular flexibility index (Phi) is 96.0. The van der Waals surface area contributed by atoms with Crippen LogP contribution in [0.5, 0.6) is 0 Å². The van der Waals surface area contributed by atoms with E-state index in [4.69, 9.17) is 38.5 Å². The van der Waals surface area contributed by atoms with Gasteiger partial charge in [-0.15, -0.1) is 0 Å². The van der Waals surface area contributed by atoms with Gasteiger partial charge in [0.05, 0.1) is 0 Å². The zero-order valence-electron chi connectivity index (χ0n) is 8.28. The molecule has 96 valence electrons. The van der Waals surface area contributed by atoms with E-state index in [2.05, 4.69) is 0 Å². The molecule has 17 heteroatoms. The van der Waals surface area contributed by atoms with E-state index in [1.807, 2.05) is 0 Å². The van der Waals surface area contributed by atoms with Crippen LogP contribution in [0.15, 0.2) is 0 Å². The van der Waals surface area contributed by atoms with Crippen LogP contribution >= 0.6 is 15.6 Å². The molecule has 8 N–H and O–H groups in total. The van der Waals surface area contributed by atoms with Crippen molar-refractivity contribution in [2.24, 2.45) is 0 Å². The average molecular weight is 335 g/mol. The average Bonchev–Trinajstić information content (AvgIpc) is 1.12. The van der Waals surface area contributed by atoms with Crippen LogP contribution < -0.4 is 29.4 Å². The molecule has 0 aromatic rings. The Bertz CT molecular complexity index is 132. The minimum atomic E-state index is -5.39. The Morgan fingerprint density at radius 1 is 0.471 bits per heavy atom. The molecule has 0 atom stereocenters. The van der Waals surface area contributed by atoms with Crippen LogP contribution in [-0.2, 0) is 9.13 Å². The third kappa shape index (κ3) is 883. The van der Waals surface area contributed by atoms with Crippen LogP contribution in [0.2, 0.25) is 0 Å². The van der Waals surface area contributed by atoms with Gasteiger partial charge in [0, 0.05) is 0 Å². The normalized spacial score (nSPS) is 6.94. The predicted molar refractivity (Wildman–Crippen MR) is 46.9 cm³/mol. The summed E-state index contributed by atoms with van der Waals surface area (Å²) in [6.45, 7) is 0. The first kappa shape index (κ1) is 60.8. The van der Waals surface area contributed by atoms with E-state index < -0.39 is 15.6 Å². The summed E-state index contributed by atoms with van der Waals surface area (Å²) in [6.07, 6.45) is 0. The molecule has 0 unspecified atom stereocenters. The maximum atomic E-state index is 8.55. The summed E-state index contributed by atoms with van der Waals surface area (Å²) >= 11 is 0. The molecule has 0 aliphatic carbocycles. The van der Waals surface area contributed by atoms with Gasteiger partial charge in [0.1, 0.15) is 0 Å². The van der Waals surface area contributed by atoms with Gasteiger partial charge in [0.15, 0.2) is 0 Å². The maximum absolute atomic E-state index is 8.55. The third-order valence-corrected chi connectivity index (χ3v) is 0. The third-order valence-electron chi connectivity index (χ3n) is 0. The van der Waals surface area contributed by atoms with Crippen molar-refractivity contribution in [3.8, 4) is 0 Å². The van der Waals surface area contributed by atoms with Gasteiger partial charge in [-0.2, -0.15) is 15.6 Å². The number of hydrogen-bond acceptors (Lipinski definition) is 8. The molecular weight excluding hydrogens is 327 g/mol. The first-order chi connectivity index (χ1) is 4.00. The summed E-state index contributed by atoms with van der Waals surface area (Å²) in [5.74, 6) is 0. The molecular formula is H8Mg3O12P2. The summed E-state index contributed by atoms with van der Waals surface area (Å²) in [6, 6.07) is 0. The molecule has 0 radical (unpaired) electrons. The number of phosphoric acid groups is 2. The molecule has 12 nitrogen and oxygen atoms in total. The van der Waals surface area contributed by atoms with Gasteiger partial charge in [0.2, 0.25) is 0 Å². The molecule has 0 saturated carbocycles. The van der Waals surface area contributed by atoms with E-state index in [9.17, 15) is 0 Å². The SMILES string of the molecule is O.O.O.O.O=P([O-])([O-])[O-].O=P([O-])([O-])[O-].[Mg+2].[Mg+2].[Mg+2].